The highest BCUT2D eigenvalue weighted by atomic mass is 16.6. The Morgan fingerprint density at radius 2 is 1.83 bits per heavy atom. The molecule has 2 aromatic rings. The van der Waals surface area contributed by atoms with E-state index in [1.54, 1.807) is 12.4 Å². The molecular weight excluding hydrogens is 458 g/mol. The van der Waals surface area contributed by atoms with E-state index in [9.17, 15) is 14.4 Å². The molecule has 0 radical (unpaired) electrons. The summed E-state index contributed by atoms with van der Waals surface area (Å²) in [6.07, 6.45) is 3.77. The van der Waals surface area contributed by atoms with E-state index < -0.39 is 23.5 Å². The van der Waals surface area contributed by atoms with Crippen molar-refractivity contribution in [3.05, 3.63) is 82.2 Å². The van der Waals surface area contributed by atoms with Crippen molar-refractivity contribution in [1.82, 2.24) is 5.32 Å². The molecule has 0 aliphatic carbocycles. The predicted molar refractivity (Wildman–Crippen MR) is 133 cm³/mol. The third kappa shape index (κ3) is 3.56. The van der Waals surface area contributed by atoms with Crippen LogP contribution in [0.2, 0.25) is 0 Å². The second-order valence-electron chi connectivity index (χ2n) is 10.3. The fourth-order valence-corrected chi connectivity index (χ4v) is 5.19. The van der Waals surface area contributed by atoms with E-state index in [1.165, 1.54) is 0 Å². The number of benzene rings is 2. The zero-order valence-electron chi connectivity index (χ0n) is 20.3. The minimum atomic E-state index is -0.616. The van der Waals surface area contributed by atoms with Crippen molar-refractivity contribution in [2.75, 3.05) is 4.90 Å². The number of esters is 1. The summed E-state index contributed by atoms with van der Waals surface area (Å²) in [4.78, 5) is 45.6. The number of carbonyl (C=O) groups is 3. The molecule has 8 heteroatoms. The van der Waals surface area contributed by atoms with Crippen molar-refractivity contribution in [3.63, 3.8) is 0 Å². The van der Waals surface area contributed by atoms with Crippen molar-refractivity contribution in [2.24, 2.45) is 4.99 Å². The first-order valence-corrected chi connectivity index (χ1v) is 11.9. The number of ether oxygens (including phenoxy) is 2. The molecule has 36 heavy (non-hydrogen) atoms. The molecule has 0 fully saturated rings. The second kappa shape index (κ2) is 7.99. The molecule has 0 spiro atoms. The van der Waals surface area contributed by atoms with Gasteiger partial charge in [0.1, 0.15) is 11.6 Å². The molecule has 2 amide bonds. The van der Waals surface area contributed by atoms with E-state index in [1.807, 2.05) is 62.1 Å². The molecule has 0 saturated carbocycles. The first kappa shape index (κ1) is 22.4. The SMILES string of the molecule is CC(C)(C)OC(=O)C1Cc2cccc3c2N1C=CN=C3C1=C(c2ccc3c(c2)COC3)C(=O)NC1=O. The number of anilines is 1. The van der Waals surface area contributed by atoms with Gasteiger partial charge in [-0.05, 0) is 49.1 Å². The smallest absolute Gasteiger partial charge is 0.329 e. The van der Waals surface area contributed by atoms with Gasteiger partial charge in [-0.3, -0.25) is 19.9 Å². The van der Waals surface area contributed by atoms with Gasteiger partial charge in [0, 0.05) is 24.4 Å². The number of imide groups is 1. The summed E-state index contributed by atoms with van der Waals surface area (Å²) in [6, 6.07) is 10.8. The minimum Gasteiger partial charge on any atom is -0.458 e. The van der Waals surface area contributed by atoms with Crippen LogP contribution in [0.15, 0.2) is 59.4 Å². The molecule has 1 N–H and O–H groups in total. The fourth-order valence-electron chi connectivity index (χ4n) is 5.19. The average molecular weight is 484 g/mol. The number of hydrogen-bond donors (Lipinski definition) is 1. The largest absolute Gasteiger partial charge is 0.458 e. The Morgan fingerprint density at radius 3 is 2.64 bits per heavy atom. The van der Waals surface area contributed by atoms with Gasteiger partial charge in [0.15, 0.2) is 0 Å². The number of fused-ring (bicyclic) bond motifs is 1. The first-order chi connectivity index (χ1) is 17.2. The van der Waals surface area contributed by atoms with Crippen molar-refractivity contribution in [3.8, 4) is 0 Å². The van der Waals surface area contributed by atoms with Crippen LogP contribution < -0.4 is 10.2 Å². The van der Waals surface area contributed by atoms with Crippen molar-refractivity contribution in [2.45, 2.75) is 52.0 Å². The van der Waals surface area contributed by atoms with Crippen LogP contribution in [-0.4, -0.2) is 35.1 Å². The summed E-state index contributed by atoms with van der Waals surface area (Å²) in [5, 5.41) is 2.45. The Labute approximate surface area is 208 Å². The third-order valence-electron chi connectivity index (χ3n) is 6.67. The number of nitrogens with zero attached hydrogens (tertiary/aromatic N) is 2. The van der Waals surface area contributed by atoms with E-state index >= 15 is 0 Å². The van der Waals surface area contributed by atoms with Gasteiger partial charge in [0.25, 0.3) is 11.8 Å². The molecule has 182 valence electrons. The highest BCUT2D eigenvalue weighted by molar-refractivity contribution is 6.47. The van der Waals surface area contributed by atoms with Crippen LogP contribution >= 0.6 is 0 Å². The summed E-state index contributed by atoms with van der Waals surface area (Å²) >= 11 is 0. The Kier molecular flexibility index (Phi) is 4.98. The van der Waals surface area contributed by atoms with Crippen molar-refractivity contribution in [1.29, 1.82) is 0 Å². The highest BCUT2D eigenvalue weighted by Crippen LogP contribution is 2.41. The number of amides is 2. The van der Waals surface area contributed by atoms with Gasteiger partial charge in [-0.1, -0.05) is 30.3 Å². The van der Waals surface area contributed by atoms with Crippen LogP contribution in [0.5, 0.6) is 0 Å². The monoisotopic (exact) mass is 483 g/mol. The van der Waals surface area contributed by atoms with Gasteiger partial charge in [0.2, 0.25) is 0 Å². The molecule has 1 unspecified atom stereocenters. The summed E-state index contributed by atoms with van der Waals surface area (Å²) < 4.78 is 11.2. The number of para-hydroxylation sites is 1. The first-order valence-electron chi connectivity index (χ1n) is 11.9. The lowest BCUT2D eigenvalue weighted by molar-refractivity contribution is -0.156. The van der Waals surface area contributed by atoms with Gasteiger partial charge in [-0.2, -0.15) is 0 Å². The summed E-state index contributed by atoms with van der Waals surface area (Å²) in [7, 11) is 0. The Hall–Kier alpha value is -4.04. The van der Waals surface area contributed by atoms with E-state index in [4.69, 9.17) is 9.47 Å². The number of rotatable bonds is 3. The number of carbonyl (C=O) groups excluding carboxylic acids is 3. The predicted octanol–water partition coefficient (Wildman–Crippen LogP) is 3.17. The van der Waals surface area contributed by atoms with Crippen LogP contribution in [0.4, 0.5) is 5.69 Å². The zero-order chi connectivity index (χ0) is 25.2. The maximum Gasteiger partial charge on any atom is 0.329 e. The summed E-state index contributed by atoms with van der Waals surface area (Å²) in [6.45, 7) is 6.53. The topological polar surface area (TPSA) is 97.3 Å². The van der Waals surface area contributed by atoms with E-state index in [0.717, 1.165) is 22.4 Å². The van der Waals surface area contributed by atoms with Crippen molar-refractivity contribution >= 4 is 34.8 Å². The lowest BCUT2D eigenvalue weighted by Crippen LogP contribution is -2.40. The maximum atomic E-state index is 13.1. The number of aliphatic imine (C=N–C) groups is 1. The molecule has 2 aromatic carbocycles. The van der Waals surface area contributed by atoms with Gasteiger partial charge >= 0.3 is 5.97 Å². The normalized spacial score (nSPS) is 20.2. The van der Waals surface area contributed by atoms with Gasteiger partial charge in [0.05, 0.1) is 35.8 Å². The van der Waals surface area contributed by atoms with Crippen LogP contribution in [0.25, 0.3) is 5.57 Å². The molecule has 4 aliphatic rings. The summed E-state index contributed by atoms with van der Waals surface area (Å²) in [5.41, 5.74) is 5.43. The molecule has 1 atom stereocenters. The van der Waals surface area contributed by atoms with E-state index in [-0.39, 0.29) is 17.1 Å². The number of nitrogens with one attached hydrogen (secondary N) is 1. The van der Waals surface area contributed by atoms with E-state index in [0.29, 0.717) is 36.5 Å². The molecule has 0 aromatic heterocycles. The fraction of sp³-hybridized carbons (Fsp3) is 0.286. The zero-order valence-corrected chi connectivity index (χ0v) is 20.3. The maximum absolute atomic E-state index is 13.1. The molecule has 8 nitrogen and oxygen atoms in total. The highest BCUT2D eigenvalue weighted by Gasteiger charge is 2.41. The average Bonchev–Trinajstić information content (AvgIpc) is 3.46. The standard InChI is InChI=1S/C28H25N3O5/c1-28(2,3)36-27(34)20-12-16-5-4-6-19-23(29-9-10-31(20)24(16)19)22-21(25(32)30-26(22)33)15-7-8-17-13-35-14-18(17)11-15/h4-11,20H,12-14H2,1-3H3,(H,30,32,33). The van der Waals surface area contributed by atoms with Crippen molar-refractivity contribution < 1.29 is 23.9 Å². The van der Waals surface area contributed by atoms with E-state index in [2.05, 4.69) is 10.3 Å². The second-order valence-corrected chi connectivity index (χ2v) is 10.3. The quantitative estimate of drug-likeness (QED) is 0.532. The van der Waals surface area contributed by atoms with Crippen LogP contribution in [0, 0.1) is 0 Å². The van der Waals surface area contributed by atoms with Gasteiger partial charge in [-0.25, -0.2) is 4.79 Å². The molecule has 4 aliphatic heterocycles. The molecule has 0 bridgehead atoms. The third-order valence-corrected chi connectivity index (χ3v) is 6.67. The van der Waals surface area contributed by atoms with Gasteiger partial charge < -0.3 is 14.4 Å². The van der Waals surface area contributed by atoms with Crippen LogP contribution in [0.3, 0.4) is 0 Å². The Balaban J connectivity index is 1.47. The summed E-state index contributed by atoms with van der Waals surface area (Å²) in [5.74, 6) is -1.28. The Morgan fingerprint density at radius 1 is 1.06 bits per heavy atom. The minimum absolute atomic E-state index is 0.222. The number of hydrogen-bond acceptors (Lipinski definition) is 7. The lowest BCUT2D eigenvalue weighted by Gasteiger charge is -2.27. The molecule has 0 saturated heterocycles. The molecule has 4 heterocycles. The molecular formula is C28H25N3O5. The van der Waals surface area contributed by atoms with Crippen LogP contribution in [-0.2, 0) is 43.5 Å². The van der Waals surface area contributed by atoms with Gasteiger partial charge in [-0.15, -0.1) is 0 Å². The lowest BCUT2D eigenvalue weighted by atomic mass is 9.91. The Bertz CT molecular complexity index is 1440. The van der Waals surface area contributed by atoms with Crippen LogP contribution in [0.1, 0.15) is 48.6 Å². The molecule has 6 rings (SSSR count).